The predicted octanol–water partition coefficient (Wildman–Crippen LogP) is 0.573. The lowest BCUT2D eigenvalue weighted by Crippen LogP contribution is -2.42. The molecule has 1 rings (SSSR count). The molecule has 9 heteroatoms. The van der Waals surface area contributed by atoms with Crippen molar-refractivity contribution in [2.45, 2.75) is 32.8 Å². The Hall–Kier alpha value is -2.45. The molecule has 1 aromatic heterocycles. The van der Waals surface area contributed by atoms with E-state index in [-0.39, 0.29) is 17.5 Å². The standard InChI is InChI=1S/C13H18FN3O5/c1-13(2,3)22-12(21)16(4)6-5-9(18)17-10(19)8(14)7-15-11(17)20/h7H,5-6H2,1-4H3,(H,15,20). The summed E-state index contributed by atoms with van der Waals surface area (Å²) in [5, 5.41) is 0. The quantitative estimate of drug-likeness (QED) is 0.879. The minimum Gasteiger partial charge on any atom is -0.444 e. The van der Waals surface area contributed by atoms with Crippen molar-refractivity contribution in [2.24, 2.45) is 0 Å². The number of halogens is 1. The molecule has 1 aromatic rings. The molecule has 1 amide bonds. The van der Waals surface area contributed by atoms with Crippen LogP contribution >= 0.6 is 0 Å². The number of aromatic nitrogens is 2. The van der Waals surface area contributed by atoms with Gasteiger partial charge in [0.15, 0.2) is 0 Å². The van der Waals surface area contributed by atoms with E-state index in [4.69, 9.17) is 4.74 Å². The average Bonchev–Trinajstić information content (AvgIpc) is 2.38. The number of hydrogen-bond acceptors (Lipinski definition) is 5. The van der Waals surface area contributed by atoms with Gasteiger partial charge in [0.1, 0.15) is 5.60 Å². The van der Waals surface area contributed by atoms with Crippen LogP contribution in [-0.4, -0.2) is 45.6 Å². The van der Waals surface area contributed by atoms with Gasteiger partial charge >= 0.3 is 11.8 Å². The molecule has 8 nitrogen and oxygen atoms in total. The number of carbonyl (C=O) groups excluding carboxylic acids is 2. The van der Waals surface area contributed by atoms with Crippen LogP contribution in [0.5, 0.6) is 0 Å². The molecule has 0 atom stereocenters. The smallest absolute Gasteiger partial charge is 0.410 e. The predicted molar refractivity (Wildman–Crippen MR) is 75.4 cm³/mol. The first-order valence-corrected chi connectivity index (χ1v) is 6.50. The molecular formula is C13H18FN3O5. The first-order valence-electron chi connectivity index (χ1n) is 6.50. The Morgan fingerprint density at radius 3 is 2.50 bits per heavy atom. The lowest BCUT2D eigenvalue weighted by molar-refractivity contribution is 0.0296. The number of H-pyrrole nitrogens is 1. The van der Waals surface area contributed by atoms with Crippen molar-refractivity contribution in [2.75, 3.05) is 13.6 Å². The molecule has 1 N–H and O–H groups in total. The van der Waals surface area contributed by atoms with Crippen LogP contribution in [0.15, 0.2) is 15.8 Å². The van der Waals surface area contributed by atoms with Gasteiger partial charge < -0.3 is 14.6 Å². The molecule has 0 saturated heterocycles. The van der Waals surface area contributed by atoms with Gasteiger partial charge in [0.05, 0.1) is 0 Å². The van der Waals surface area contributed by atoms with E-state index >= 15 is 0 Å². The summed E-state index contributed by atoms with van der Waals surface area (Å²) in [4.78, 5) is 49.5. The van der Waals surface area contributed by atoms with Crippen molar-refractivity contribution in [3.05, 3.63) is 32.9 Å². The largest absolute Gasteiger partial charge is 0.444 e. The van der Waals surface area contributed by atoms with Crippen LogP contribution < -0.4 is 11.2 Å². The van der Waals surface area contributed by atoms with Crippen LogP contribution in [0.25, 0.3) is 0 Å². The highest BCUT2D eigenvalue weighted by Crippen LogP contribution is 2.09. The van der Waals surface area contributed by atoms with Crippen molar-refractivity contribution in [1.82, 2.24) is 14.5 Å². The summed E-state index contributed by atoms with van der Waals surface area (Å²) in [5.41, 5.74) is -3.04. The van der Waals surface area contributed by atoms with Crippen molar-refractivity contribution in [3.63, 3.8) is 0 Å². The number of ether oxygens (including phenoxy) is 1. The maximum absolute atomic E-state index is 13.1. The van der Waals surface area contributed by atoms with Crippen molar-refractivity contribution in [3.8, 4) is 0 Å². The zero-order valence-electron chi connectivity index (χ0n) is 12.8. The normalized spacial score (nSPS) is 11.1. The van der Waals surface area contributed by atoms with Crippen LogP contribution in [0.3, 0.4) is 0 Å². The van der Waals surface area contributed by atoms with Gasteiger partial charge in [-0.25, -0.2) is 9.59 Å². The SMILES string of the molecule is CN(CCC(=O)n1c(=O)[nH]cc(F)c1=O)C(=O)OC(C)(C)C. The van der Waals surface area contributed by atoms with Gasteiger partial charge in [-0.15, -0.1) is 0 Å². The number of hydrogen-bond donors (Lipinski definition) is 1. The molecule has 0 aromatic carbocycles. The maximum atomic E-state index is 13.1. The highest BCUT2D eigenvalue weighted by atomic mass is 19.1. The molecule has 0 fully saturated rings. The lowest BCUT2D eigenvalue weighted by Gasteiger charge is -2.24. The van der Waals surface area contributed by atoms with Gasteiger partial charge in [-0.1, -0.05) is 0 Å². The van der Waals surface area contributed by atoms with Crippen LogP contribution in [0.1, 0.15) is 32.0 Å². The number of amides is 1. The van der Waals surface area contributed by atoms with Crippen LogP contribution in [-0.2, 0) is 4.74 Å². The third kappa shape index (κ3) is 4.54. The Bertz CT molecular complexity index is 686. The molecule has 0 aliphatic carbocycles. The highest BCUT2D eigenvalue weighted by molar-refractivity contribution is 5.79. The summed E-state index contributed by atoms with van der Waals surface area (Å²) >= 11 is 0. The fraction of sp³-hybridized carbons (Fsp3) is 0.538. The molecule has 0 unspecified atom stereocenters. The van der Waals surface area contributed by atoms with Gasteiger partial charge in [-0.3, -0.25) is 9.59 Å². The lowest BCUT2D eigenvalue weighted by atomic mass is 10.2. The topological polar surface area (TPSA) is 101 Å². The van der Waals surface area contributed by atoms with Gasteiger partial charge in [0, 0.05) is 26.2 Å². The Kier molecular flexibility index (Phi) is 5.23. The molecule has 122 valence electrons. The first-order chi connectivity index (χ1) is 10.0. The number of nitrogens with zero attached hydrogens (tertiary/aromatic N) is 2. The van der Waals surface area contributed by atoms with Gasteiger partial charge in [0.2, 0.25) is 11.7 Å². The van der Waals surface area contributed by atoms with E-state index in [9.17, 15) is 23.6 Å². The van der Waals surface area contributed by atoms with Crippen LogP contribution in [0, 0.1) is 5.82 Å². The van der Waals surface area contributed by atoms with E-state index in [0.717, 1.165) is 4.90 Å². The monoisotopic (exact) mass is 315 g/mol. The van der Waals surface area contributed by atoms with Gasteiger partial charge in [-0.2, -0.15) is 8.96 Å². The van der Waals surface area contributed by atoms with Crippen LogP contribution in [0.4, 0.5) is 9.18 Å². The molecule has 0 bridgehead atoms. The van der Waals surface area contributed by atoms with E-state index in [1.54, 1.807) is 20.8 Å². The summed E-state index contributed by atoms with van der Waals surface area (Å²) in [5.74, 6) is -2.16. The van der Waals surface area contributed by atoms with Gasteiger partial charge in [0.25, 0.3) is 5.56 Å². The fourth-order valence-electron chi connectivity index (χ4n) is 1.48. The summed E-state index contributed by atoms with van der Waals surface area (Å²) in [6, 6.07) is 0. The summed E-state index contributed by atoms with van der Waals surface area (Å²) in [7, 11) is 1.40. The van der Waals surface area contributed by atoms with Crippen LogP contribution in [0.2, 0.25) is 0 Å². The molecule has 22 heavy (non-hydrogen) atoms. The third-order valence-corrected chi connectivity index (χ3v) is 2.55. The Balaban J connectivity index is 2.76. The summed E-state index contributed by atoms with van der Waals surface area (Å²) in [6.07, 6.45) is -0.399. The minimum atomic E-state index is -1.33. The summed E-state index contributed by atoms with van der Waals surface area (Å²) in [6.45, 7) is 4.98. The van der Waals surface area contributed by atoms with Crippen molar-refractivity contribution >= 4 is 12.0 Å². The maximum Gasteiger partial charge on any atom is 0.410 e. The number of aromatic amines is 1. The Morgan fingerprint density at radius 1 is 1.36 bits per heavy atom. The third-order valence-electron chi connectivity index (χ3n) is 2.55. The second-order valence-electron chi connectivity index (χ2n) is 5.63. The Morgan fingerprint density at radius 2 is 1.95 bits per heavy atom. The molecule has 0 saturated carbocycles. The van der Waals surface area contributed by atoms with Crippen molar-refractivity contribution in [1.29, 1.82) is 0 Å². The molecule has 0 aliphatic rings. The molecule has 0 radical (unpaired) electrons. The van der Waals surface area contributed by atoms with Gasteiger partial charge in [-0.05, 0) is 20.8 Å². The minimum absolute atomic E-state index is 0.0872. The van der Waals surface area contributed by atoms with E-state index in [1.807, 2.05) is 4.98 Å². The average molecular weight is 315 g/mol. The second-order valence-corrected chi connectivity index (χ2v) is 5.63. The van der Waals surface area contributed by atoms with Crippen molar-refractivity contribution < 1.29 is 18.7 Å². The van der Waals surface area contributed by atoms with E-state index in [0.29, 0.717) is 6.20 Å². The highest BCUT2D eigenvalue weighted by Gasteiger charge is 2.21. The van der Waals surface area contributed by atoms with E-state index < -0.39 is 34.7 Å². The number of carbonyl (C=O) groups is 2. The van der Waals surface area contributed by atoms with E-state index in [1.165, 1.54) is 7.05 Å². The zero-order valence-corrected chi connectivity index (χ0v) is 12.8. The second kappa shape index (κ2) is 6.54. The number of rotatable bonds is 3. The molecule has 0 spiro atoms. The fourth-order valence-corrected chi connectivity index (χ4v) is 1.48. The molecule has 1 heterocycles. The van der Waals surface area contributed by atoms with E-state index in [2.05, 4.69) is 0 Å². The molecule has 0 aliphatic heterocycles. The summed E-state index contributed by atoms with van der Waals surface area (Å²) < 4.78 is 18.3. The zero-order chi connectivity index (χ0) is 17.1. The number of nitrogens with one attached hydrogen (secondary N) is 1. The first kappa shape index (κ1) is 17.6. The Labute approximate surface area is 125 Å². The molecular weight excluding hydrogens is 297 g/mol.